The van der Waals surface area contributed by atoms with E-state index in [1.54, 1.807) is 31.2 Å². The Hall–Kier alpha value is -2.71. The summed E-state index contributed by atoms with van der Waals surface area (Å²) in [7, 11) is -2.51. The highest BCUT2D eigenvalue weighted by molar-refractivity contribution is 7.93. The minimum atomic E-state index is -3.91. The second-order valence-corrected chi connectivity index (χ2v) is 9.50. The summed E-state index contributed by atoms with van der Waals surface area (Å²) >= 11 is 0.978. The maximum atomic E-state index is 14.5. The van der Waals surface area contributed by atoms with Crippen LogP contribution in [0.4, 0.5) is 9.18 Å². The minimum absolute atomic E-state index is 0.00934. The number of halogens is 1. The lowest BCUT2D eigenvalue weighted by molar-refractivity contribution is 0.154. The molecule has 146 valence electrons. The Bertz CT molecular complexity index is 1120. The molecule has 0 atom stereocenters. The fourth-order valence-electron chi connectivity index (χ4n) is 2.84. The van der Waals surface area contributed by atoms with Gasteiger partial charge in [-0.1, -0.05) is 36.4 Å². The molecular weight excluding hydrogens is 401 g/mol. The molecule has 0 aliphatic carbocycles. The highest BCUT2D eigenvalue weighted by Crippen LogP contribution is 2.43. The van der Waals surface area contributed by atoms with E-state index in [0.717, 1.165) is 16.2 Å². The quantitative estimate of drug-likeness (QED) is 0.644. The first-order valence-electron chi connectivity index (χ1n) is 8.35. The van der Waals surface area contributed by atoms with Crippen LogP contribution >= 0.6 is 11.3 Å². The van der Waals surface area contributed by atoms with Gasteiger partial charge in [-0.15, -0.1) is 11.3 Å². The first-order valence-corrected chi connectivity index (χ1v) is 10.6. The molecule has 3 aromatic rings. The van der Waals surface area contributed by atoms with Crippen molar-refractivity contribution in [3.8, 4) is 11.1 Å². The molecule has 2 aromatic carbocycles. The van der Waals surface area contributed by atoms with E-state index in [0.29, 0.717) is 10.4 Å². The van der Waals surface area contributed by atoms with Crippen molar-refractivity contribution in [2.45, 2.75) is 22.6 Å². The number of sulfone groups is 1. The van der Waals surface area contributed by atoms with Crippen molar-refractivity contribution < 1.29 is 22.7 Å². The average Bonchev–Trinajstić information content (AvgIpc) is 3.00. The Morgan fingerprint density at radius 3 is 2.32 bits per heavy atom. The Morgan fingerprint density at radius 1 is 1.11 bits per heavy atom. The third kappa shape index (κ3) is 3.65. The molecule has 28 heavy (non-hydrogen) atoms. The third-order valence-electron chi connectivity index (χ3n) is 4.36. The first kappa shape index (κ1) is 20.0. The summed E-state index contributed by atoms with van der Waals surface area (Å²) in [6.45, 7) is 1.70. The lowest BCUT2D eigenvalue weighted by Gasteiger charge is -2.12. The molecule has 8 heteroatoms. The fourth-order valence-corrected chi connectivity index (χ4v) is 6.23. The van der Waals surface area contributed by atoms with Gasteiger partial charge in [0, 0.05) is 23.1 Å². The van der Waals surface area contributed by atoms with Gasteiger partial charge in [0.1, 0.15) is 10.0 Å². The molecule has 3 rings (SSSR count). The van der Waals surface area contributed by atoms with E-state index in [1.807, 2.05) is 0 Å². The van der Waals surface area contributed by atoms with Gasteiger partial charge in [-0.3, -0.25) is 0 Å². The molecule has 0 bridgehead atoms. The van der Waals surface area contributed by atoms with Crippen molar-refractivity contribution in [1.29, 1.82) is 0 Å². The number of hydrogen-bond donors (Lipinski definition) is 1. The van der Waals surface area contributed by atoms with E-state index in [4.69, 9.17) is 5.11 Å². The van der Waals surface area contributed by atoms with Gasteiger partial charge in [0.25, 0.3) is 0 Å². The lowest BCUT2D eigenvalue weighted by Crippen LogP contribution is -2.23. The summed E-state index contributed by atoms with van der Waals surface area (Å²) in [5, 5.41) is 9.16. The minimum Gasteiger partial charge on any atom is -0.465 e. The Labute approximate surface area is 166 Å². The van der Waals surface area contributed by atoms with E-state index in [1.165, 1.54) is 37.4 Å². The van der Waals surface area contributed by atoms with Crippen LogP contribution in [0, 0.1) is 12.7 Å². The van der Waals surface area contributed by atoms with Crippen LogP contribution in [0.3, 0.4) is 0 Å². The molecule has 1 N–H and O–H groups in total. The van der Waals surface area contributed by atoms with Gasteiger partial charge in [0.05, 0.1) is 11.4 Å². The smallest absolute Gasteiger partial charge is 0.407 e. The predicted molar refractivity (Wildman–Crippen MR) is 106 cm³/mol. The van der Waals surface area contributed by atoms with Crippen LogP contribution in [-0.2, 0) is 16.4 Å². The van der Waals surface area contributed by atoms with Crippen LogP contribution in [-0.4, -0.2) is 31.6 Å². The van der Waals surface area contributed by atoms with Crippen molar-refractivity contribution in [3.63, 3.8) is 0 Å². The second-order valence-electron chi connectivity index (χ2n) is 6.25. The summed E-state index contributed by atoms with van der Waals surface area (Å²) in [5.41, 5.74) is 1.01. The van der Waals surface area contributed by atoms with Crippen LogP contribution in [0.15, 0.2) is 63.7 Å². The van der Waals surface area contributed by atoms with Crippen molar-refractivity contribution >= 4 is 27.3 Å². The molecular formula is C20H18FNO4S2. The van der Waals surface area contributed by atoms with E-state index in [9.17, 15) is 17.6 Å². The Balaban J connectivity index is 2.27. The van der Waals surface area contributed by atoms with E-state index >= 15 is 0 Å². The van der Waals surface area contributed by atoms with E-state index in [2.05, 4.69) is 0 Å². The number of carbonyl (C=O) groups is 1. The Kier molecular flexibility index (Phi) is 5.53. The molecule has 5 nitrogen and oxygen atoms in total. The molecule has 0 spiro atoms. The highest BCUT2D eigenvalue weighted by atomic mass is 32.2. The molecule has 0 radical (unpaired) electrons. The Morgan fingerprint density at radius 2 is 1.71 bits per heavy atom. The van der Waals surface area contributed by atoms with Crippen LogP contribution < -0.4 is 0 Å². The largest absolute Gasteiger partial charge is 0.465 e. The SMILES string of the molecule is Cc1c(CN(C)C(=O)O)sc(S(=O)(=O)c2ccccc2)c1-c1ccccc1F. The standard InChI is InChI=1S/C20H18FNO4S2/c1-13-17(12-22(2)20(23)24)27-19(18(13)15-10-6-7-11-16(15)21)28(25,26)14-8-4-3-5-9-14/h3-11H,12H2,1-2H3,(H,23,24). The summed E-state index contributed by atoms with van der Waals surface area (Å²) in [6, 6.07) is 13.9. The predicted octanol–water partition coefficient (Wildman–Crippen LogP) is 4.81. The molecule has 0 saturated heterocycles. The van der Waals surface area contributed by atoms with Crippen molar-refractivity contribution in [2.75, 3.05) is 7.05 Å². The topological polar surface area (TPSA) is 74.7 Å². The fraction of sp³-hybridized carbons (Fsp3) is 0.150. The van der Waals surface area contributed by atoms with Gasteiger partial charge in [-0.2, -0.15) is 0 Å². The summed E-state index contributed by atoms with van der Waals surface area (Å²) in [6.07, 6.45) is -1.13. The van der Waals surface area contributed by atoms with Crippen LogP contribution in [0.2, 0.25) is 0 Å². The number of amides is 1. The zero-order chi connectivity index (χ0) is 20.5. The number of nitrogens with zero attached hydrogens (tertiary/aromatic N) is 1. The molecule has 0 aliphatic rings. The third-order valence-corrected chi connectivity index (χ3v) is 7.93. The molecule has 1 amide bonds. The number of hydrogen-bond acceptors (Lipinski definition) is 4. The molecule has 1 aromatic heterocycles. The van der Waals surface area contributed by atoms with Crippen LogP contribution in [0.5, 0.6) is 0 Å². The zero-order valence-corrected chi connectivity index (χ0v) is 16.8. The number of benzene rings is 2. The van der Waals surface area contributed by atoms with E-state index < -0.39 is 21.7 Å². The zero-order valence-electron chi connectivity index (χ0n) is 15.2. The highest BCUT2D eigenvalue weighted by Gasteiger charge is 2.29. The van der Waals surface area contributed by atoms with Gasteiger partial charge in [0.15, 0.2) is 0 Å². The van der Waals surface area contributed by atoms with Gasteiger partial charge in [-0.05, 0) is 30.7 Å². The summed E-state index contributed by atoms with van der Waals surface area (Å²) < 4.78 is 41.1. The molecule has 0 saturated carbocycles. The molecule has 0 aliphatic heterocycles. The average molecular weight is 419 g/mol. The van der Waals surface area contributed by atoms with Crippen LogP contribution in [0.1, 0.15) is 10.4 Å². The molecule has 0 unspecified atom stereocenters. The van der Waals surface area contributed by atoms with Gasteiger partial charge in [-0.25, -0.2) is 17.6 Å². The maximum Gasteiger partial charge on any atom is 0.407 e. The van der Waals surface area contributed by atoms with Gasteiger partial charge < -0.3 is 10.0 Å². The van der Waals surface area contributed by atoms with E-state index in [-0.39, 0.29) is 26.8 Å². The van der Waals surface area contributed by atoms with Crippen LogP contribution in [0.25, 0.3) is 11.1 Å². The van der Waals surface area contributed by atoms with Gasteiger partial charge in [0.2, 0.25) is 9.84 Å². The molecule has 0 fully saturated rings. The number of carboxylic acid groups (broad SMARTS) is 1. The summed E-state index contributed by atoms with van der Waals surface area (Å²) in [5.74, 6) is -0.536. The maximum absolute atomic E-state index is 14.5. The normalized spacial score (nSPS) is 11.4. The van der Waals surface area contributed by atoms with Crippen molar-refractivity contribution in [1.82, 2.24) is 4.90 Å². The molecule has 1 heterocycles. The number of rotatable bonds is 5. The second kappa shape index (κ2) is 7.73. The number of thiophene rings is 1. The van der Waals surface area contributed by atoms with Crippen molar-refractivity contribution in [3.05, 3.63) is 70.9 Å². The van der Waals surface area contributed by atoms with Crippen molar-refractivity contribution in [2.24, 2.45) is 0 Å². The summed E-state index contributed by atoms with van der Waals surface area (Å²) in [4.78, 5) is 12.9. The lowest BCUT2D eigenvalue weighted by atomic mass is 10.0. The van der Waals surface area contributed by atoms with Gasteiger partial charge >= 0.3 is 6.09 Å². The first-order chi connectivity index (χ1) is 13.2. The monoisotopic (exact) mass is 419 g/mol.